The van der Waals surface area contributed by atoms with Gasteiger partial charge >= 0.3 is 7.60 Å². The summed E-state index contributed by atoms with van der Waals surface area (Å²) in [7, 11) is -9.55. The number of sulfonamides is 1. The van der Waals surface area contributed by atoms with Crippen LogP contribution >= 0.6 is 18.9 Å². The average Bonchev–Trinajstić information content (AvgIpc) is 3.34. The van der Waals surface area contributed by atoms with Crippen molar-refractivity contribution in [1.82, 2.24) is 4.72 Å². The zero-order chi connectivity index (χ0) is 31.8. The number of aryl methyl sites for hydroxylation is 1. The molecule has 3 aliphatic heterocycles. The first-order chi connectivity index (χ1) is 20.8. The molecule has 3 saturated heterocycles. The standard InChI is InChI=1S/C29H37FN5O6PS2/c1-21-25-19-24(41-17-3-10-35-14-11-34(12-15-35,13-16-35)9-2-8-31)6-7-27(25)43-29(21)44(39,40)33-28(42(36,37)38)22-4-5-23(20-32)26(30)18-22/h4-7,18-19,28,33H,2-3,8-17,31H2,1H3/p+2. The molecule has 5 N–H and O–H groups in total. The lowest BCUT2D eigenvalue weighted by molar-refractivity contribution is -1.08. The molecular weight excluding hydrogens is 628 g/mol. The van der Waals surface area contributed by atoms with Crippen LogP contribution in [-0.2, 0) is 14.6 Å². The Morgan fingerprint density at radius 2 is 1.73 bits per heavy atom. The minimum atomic E-state index is -5.12. The van der Waals surface area contributed by atoms with Gasteiger partial charge in [-0.3, -0.25) is 4.57 Å². The summed E-state index contributed by atoms with van der Waals surface area (Å²) in [6.07, 6.45) is 1.99. The molecule has 15 heteroatoms. The topological polar surface area (TPSA) is 163 Å². The number of fused-ring (bicyclic) bond motifs is 4. The van der Waals surface area contributed by atoms with Gasteiger partial charge < -0.3 is 29.2 Å². The summed E-state index contributed by atoms with van der Waals surface area (Å²) in [5.74, 6) is -2.43. The number of piperazine rings is 3. The molecule has 238 valence electrons. The maximum atomic E-state index is 14.2. The molecule has 44 heavy (non-hydrogen) atoms. The number of ether oxygens (including phenoxy) is 1. The van der Waals surface area contributed by atoms with Crippen LogP contribution in [0.25, 0.3) is 10.1 Å². The third-order valence-corrected chi connectivity index (χ3v) is 13.8. The third-order valence-electron chi connectivity index (χ3n) is 9.17. The molecule has 0 saturated carbocycles. The molecule has 2 aromatic carbocycles. The number of hydrogen-bond donors (Lipinski definition) is 4. The summed E-state index contributed by atoms with van der Waals surface area (Å²) < 4.78 is 64.4. The van der Waals surface area contributed by atoms with Crippen molar-refractivity contribution in [3.63, 3.8) is 0 Å². The van der Waals surface area contributed by atoms with Crippen LogP contribution in [0.3, 0.4) is 0 Å². The second-order valence-electron chi connectivity index (χ2n) is 12.0. The van der Waals surface area contributed by atoms with Gasteiger partial charge in [0.05, 0.1) is 25.3 Å². The molecule has 4 heterocycles. The van der Waals surface area contributed by atoms with Crippen LogP contribution < -0.4 is 15.2 Å². The molecule has 1 atom stereocenters. The quantitative estimate of drug-likeness (QED) is 0.123. The van der Waals surface area contributed by atoms with Crippen LogP contribution in [0.4, 0.5) is 4.39 Å². The fraction of sp³-hybridized carbons (Fsp3) is 0.483. The van der Waals surface area contributed by atoms with E-state index in [-0.39, 0.29) is 15.3 Å². The number of thiophene rings is 1. The minimum absolute atomic E-state index is 0.107. The first-order valence-corrected chi connectivity index (χ1v) is 18.6. The Morgan fingerprint density at radius 3 is 2.30 bits per heavy atom. The molecule has 1 aromatic heterocycles. The molecule has 0 amide bonds. The molecule has 0 spiro atoms. The number of nitriles is 1. The van der Waals surface area contributed by atoms with Crippen LogP contribution in [0.15, 0.2) is 40.6 Å². The first kappa shape index (κ1) is 32.9. The van der Waals surface area contributed by atoms with Crippen molar-refractivity contribution in [1.29, 1.82) is 5.26 Å². The SMILES string of the molecule is Cc1c(S(=O)(=O)NC(c2ccc(C#N)c(F)c2)P(=O)(O)O)sc2ccc(OCCC[N+]34CC[N+](CCCN)(CC3)CC4)cc12. The molecule has 0 aliphatic carbocycles. The summed E-state index contributed by atoms with van der Waals surface area (Å²) in [5.41, 5.74) is 5.54. The highest BCUT2D eigenvalue weighted by molar-refractivity contribution is 7.92. The van der Waals surface area contributed by atoms with E-state index < -0.39 is 29.2 Å². The lowest BCUT2D eigenvalue weighted by Crippen LogP contribution is -2.75. The van der Waals surface area contributed by atoms with Crippen molar-refractivity contribution < 1.29 is 40.9 Å². The lowest BCUT2D eigenvalue weighted by atomic mass is 10.1. The molecule has 11 nitrogen and oxygen atoms in total. The van der Waals surface area contributed by atoms with E-state index in [0.717, 1.165) is 60.0 Å². The van der Waals surface area contributed by atoms with Gasteiger partial charge in [-0.25, -0.2) is 12.8 Å². The second kappa shape index (κ2) is 12.7. The Kier molecular flexibility index (Phi) is 9.54. The predicted octanol–water partition coefficient (Wildman–Crippen LogP) is 3.15. The molecule has 3 aromatic rings. The van der Waals surface area contributed by atoms with E-state index >= 15 is 0 Å². The van der Waals surface area contributed by atoms with Crippen LogP contribution in [-0.4, -0.2) is 92.7 Å². The number of benzene rings is 2. The molecular formula is C29H39FN5O6PS2+2. The smallest absolute Gasteiger partial charge is 0.347 e. The van der Waals surface area contributed by atoms with E-state index in [9.17, 15) is 27.2 Å². The zero-order valence-corrected chi connectivity index (χ0v) is 27.1. The summed E-state index contributed by atoms with van der Waals surface area (Å²) in [6, 6.07) is 9.89. The van der Waals surface area contributed by atoms with Gasteiger partial charge in [0.25, 0.3) is 10.0 Å². The van der Waals surface area contributed by atoms with Crippen LogP contribution in [0.2, 0.25) is 0 Å². The number of hydrogen-bond acceptors (Lipinski definition) is 7. The van der Waals surface area contributed by atoms with Crippen molar-refractivity contribution in [3.8, 4) is 11.8 Å². The van der Waals surface area contributed by atoms with Gasteiger partial charge in [0, 0.05) is 22.9 Å². The fourth-order valence-electron chi connectivity index (χ4n) is 6.48. The minimum Gasteiger partial charge on any atom is -0.493 e. The van der Waals surface area contributed by atoms with Crippen LogP contribution in [0.1, 0.15) is 35.3 Å². The Hall–Kier alpha value is -2.44. The highest BCUT2D eigenvalue weighted by atomic mass is 32.2. The van der Waals surface area contributed by atoms with Gasteiger partial charge in [0.2, 0.25) is 0 Å². The Morgan fingerprint density at radius 1 is 1.09 bits per heavy atom. The number of nitrogens with one attached hydrogen (secondary N) is 1. The zero-order valence-electron chi connectivity index (χ0n) is 24.6. The third kappa shape index (κ3) is 6.87. The van der Waals surface area contributed by atoms with Gasteiger partial charge in [-0.15, -0.1) is 11.3 Å². The predicted molar refractivity (Wildman–Crippen MR) is 166 cm³/mol. The monoisotopic (exact) mass is 667 g/mol. The Balaban J connectivity index is 1.25. The largest absolute Gasteiger partial charge is 0.493 e. The molecule has 0 radical (unpaired) electrons. The number of halogens is 1. The highest BCUT2D eigenvalue weighted by Crippen LogP contribution is 2.51. The summed E-state index contributed by atoms with van der Waals surface area (Å²) in [5, 5.41) is 9.62. The average molecular weight is 668 g/mol. The fourth-order valence-corrected chi connectivity index (χ4v) is 10.8. The van der Waals surface area contributed by atoms with Gasteiger partial charge in [0.1, 0.15) is 66.9 Å². The summed E-state index contributed by atoms with van der Waals surface area (Å²) in [6.45, 7) is 12.4. The van der Waals surface area contributed by atoms with E-state index in [2.05, 4.69) is 4.72 Å². The molecule has 1 unspecified atom stereocenters. The molecule has 3 aliphatic rings. The van der Waals surface area contributed by atoms with Gasteiger partial charge in [-0.05, 0) is 54.9 Å². The van der Waals surface area contributed by atoms with Crippen molar-refractivity contribution >= 4 is 39.0 Å². The van der Waals surface area contributed by atoms with Gasteiger partial charge in [-0.2, -0.15) is 9.98 Å². The van der Waals surface area contributed by atoms with Gasteiger partial charge in [0.15, 0.2) is 0 Å². The molecule has 3 fully saturated rings. The lowest BCUT2D eigenvalue weighted by Gasteiger charge is -2.55. The van der Waals surface area contributed by atoms with Crippen molar-refractivity contribution in [2.24, 2.45) is 5.73 Å². The first-order valence-electron chi connectivity index (χ1n) is 14.6. The van der Waals surface area contributed by atoms with E-state index in [1.165, 1.54) is 50.3 Å². The highest BCUT2D eigenvalue weighted by Gasteiger charge is 2.48. The van der Waals surface area contributed by atoms with Crippen LogP contribution in [0.5, 0.6) is 5.75 Å². The Bertz CT molecular complexity index is 1710. The van der Waals surface area contributed by atoms with Gasteiger partial charge in [-0.1, -0.05) is 6.07 Å². The molecule has 2 bridgehead atoms. The number of nitrogens with two attached hydrogens (primary N) is 1. The summed E-state index contributed by atoms with van der Waals surface area (Å²) >= 11 is 0.968. The van der Waals surface area contributed by atoms with E-state index in [4.69, 9.17) is 15.7 Å². The van der Waals surface area contributed by atoms with E-state index in [0.29, 0.717) is 28.0 Å². The summed E-state index contributed by atoms with van der Waals surface area (Å²) in [4.78, 5) is 19.9. The number of rotatable bonds is 13. The van der Waals surface area contributed by atoms with E-state index in [1.807, 2.05) is 0 Å². The maximum Gasteiger partial charge on any atom is 0.347 e. The van der Waals surface area contributed by atoms with Crippen molar-refractivity contribution in [3.05, 3.63) is 58.9 Å². The number of quaternary nitrogens is 2. The normalized spacial score (nSPS) is 22.6. The second-order valence-corrected chi connectivity index (χ2v) is 16.6. The maximum absolute atomic E-state index is 14.2. The van der Waals surface area contributed by atoms with Crippen molar-refractivity contribution in [2.75, 3.05) is 65.5 Å². The van der Waals surface area contributed by atoms with Crippen LogP contribution in [0, 0.1) is 24.1 Å². The molecule has 6 rings (SSSR count). The Labute approximate surface area is 261 Å². The number of nitrogens with zero attached hydrogens (tertiary/aromatic N) is 3. The van der Waals surface area contributed by atoms with E-state index in [1.54, 1.807) is 31.2 Å². The van der Waals surface area contributed by atoms with Crippen molar-refractivity contribution in [2.45, 2.75) is 29.8 Å².